The van der Waals surface area contributed by atoms with E-state index in [9.17, 15) is 4.79 Å². The largest absolute Gasteiger partial charge is 0.494 e. The molecule has 22 heavy (non-hydrogen) atoms. The normalized spacial score (nSPS) is 25.0. The summed E-state index contributed by atoms with van der Waals surface area (Å²) in [5, 5.41) is 3.60. The van der Waals surface area contributed by atoms with Gasteiger partial charge in [-0.2, -0.15) is 0 Å². The van der Waals surface area contributed by atoms with E-state index in [1.807, 2.05) is 25.1 Å². The molecule has 3 rings (SSSR count). The topological polar surface area (TPSA) is 41.6 Å². The molecule has 0 aliphatic carbocycles. The minimum absolute atomic E-state index is 0.114. The highest BCUT2D eigenvalue weighted by Crippen LogP contribution is 2.28. The van der Waals surface area contributed by atoms with E-state index in [0.29, 0.717) is 12.6 Å². The summed E-state index contributed by atoms with van der Waals surface area (Å²) in [7, 11) is 0. The summed E-state index contributed by atoms with van der Waals surface area (Å²) in [4.78, 5) is 14.2. The van der Waals surface area contributed by atoms with Gasteiger partial charge in [0.25, 0.3) is 0 Å². The molecule has 2 heterocycles. The van der Waals surface area contributed by atoms with E-state index in [2.05, 4.69) is 10.2 Å². The lowest BCUT2D eigenvalue weighted by molar-refractivity contribution is 0.101. The monoisotopic (exact) mass is 302 g/mol. The molecule has 4 heteroatoms. The summed E-state index contributed by atoms with van der Waals surface area (Å²) < 4.78 is 5.75. The molecule has 2 atom stereocenters. The molecule has 1 aromatic rings. The molecule has 1 aromatic carbocycles. The minimum atomic E-state index is 0.114. The Kier molecular flexibility index (Phi) is 4.79. The minimum Gasteiger partial charge on any atom is -0.494 e. The number of carbonyl (C=O) groups is 1. The van der Waals surface area contributed by atoms with Crippen LogP contribution in [0.25, 0.3) is 0 Å². The van der Waals surface area contributed by atoms with Gasteiger partial charge in [-0.25, -0.2) is 0 Å². The van der Waals surface area contributed by atoms with Gasteiger partial charge in [-0.1, -0.05) is 0 Å². The maximum absolute atomic E-state index is 11.6. The molecule has 0 amide bonds. The maximum Gasteiger partial charge on any atom is 0.159 e. The highest BCUT2D eigenvalue weighted by atomic mass is 16.5. The van der Waals surface area contributed by atoms with Crippen LogP contribution in [0, 0.1) is 5.92 Å². The molecule has 2 fully saturated rings. The van der Waals surface area contributed by atoms with Crippen LogP contribution < -0.4 is 10.1 Å². The zero-order chi connectivity index (χ0) is 15.5. The first-order valence-corrected chi connectivity index (χ1v) is 8.39. The number of nitrogens with one attached hydrogen (secondary N) is 1. The second kappa shape index (κ2) is 6.80. The number of piperidine rings is 1. The van der Waals surface area contributed by atoms with Gasteiger partial charge < -0.3 is 10.1 Å². The average Bonchev–Trinajstić information content (AvgIpc) is 2.96. The molecule has 0 spiro atoms. The highest BCUT2D eigenvalue weighted by molar-refractivity contribution is 5.94. The van der Waals surface area contributed by atoms with Crippen molar-refractivity contribution in [3.8, 4) is 5.75 Å². The fourth-order valence-electron chi connectivity index (χ4n) is 3.73. The summed E-state index contributed by atoms with van der Waals surface area (Å²) in [6.07, 6.45) is 2.51. The Morgan fingerprint density at radius 1 is 1.41 bits per heavy atom. The predicted molar refractivity (Wildman–Crippen MR) is 87.4 cm³/mol. The van der Waals surface area contributed by atoms with Crippen LogP contribution in [0.3, 0.4) is 0 Å². The number of nitrogens with zero attached hydrogens (tertiary/aromatic N) is 1. The van der Waals surface area contributed by atoms with E-state index in [1.165, 1.54) is 12.8 Å². The van der Waals surface area contributed by atoms with Crippen LogP contribution in [0.1, 0.15) is 42.6 Å². The molecule has 120 valence electrons. The smallest absolute Gasteiger partial charge is 0.159 e. The summed E-state index contributed by atoms with van der Waals surface area (Å²) in [6.45, 7) is 8.57. The number of rotatable bonds is 5. The van der Waals surface area contributed by atoms with E-state index in [4.69, 9.17) is 4.74 Å². The Morgan fingerprint density at radius 3 is 3.05 bits per heavy atom. The fraction of sp³-hybridized carbons (Fsp3) is 0.611. The maximum atomic E-state index is 11.6. The Labute approximate surface area is 132 Å². The number of ketones is 1. The number of hydrogen-bond donors (Lipinski definition) is 1. The molecular weight excluding hydrogens is 276 g/mol. The van der Waals surface area contributed by atoms with Crippen molar-refractivity contribution in [3.63, 3.8) is 0 Å². The third kappa shape index (κ3) is 3.33. The van der Waals surface area contributed by atoms with Crippen molar-refractivity contribution in [1.29, 1.82) is 0 Å². The zero-order valence-corrected chi connectivity index (χ0v) is 13.6. The molecule has 0 bridgehead atoms. The summed E-state index contributed by atoms with van der Waals surface area (Å²) in [5.41, 5.74) is 1.91. The number of ether oxygens (including phenoxy) is 1. The molecule has 2 aliphatic rings. The number of Topliss-reactive ketones (excluding diaryl/α,β-unsaturated/α-hetero) is 1. The number of hydrogen-bond acceptors (Lipinski definition) is 4. The Morgan fingerprint density at radius 2 is 2.27 bits per heavy atom. The lowest BCUT2D eigenvalue weighted by atomic mass is 9.93. The fourth-order valence-corrected chi connectivity index (χ4v) is 3.73. The lowest BCUT2D eigenvalue weighted by Crippen LogP contribution is -2.43. The van der Waals surface area contributed by atoms with Gasteiger partial charge in [-0.05, 0) is 63.9 Å². The molecule has 0 aromatic heterocycles. The third-order valence-electron chi connectivity index (χ3n) is 4.90. The molecular formula is C18H26N2O2. The van der Waals surface area contributed by atoms with Crippen LogP contribution >= 0.6 is 0 Å². The van der Waals surface area contributed by atoms with Gasteiger partial charge in [0.2, 0.25) is 0 Å². The number of benzene rings is 1. The van der Waals surface area contributed by atoms with E-state index < -0.39 is 0 Å². The van der Waals surface area contributed by atoms with Gasteiger partial charge in [-0.15, -0.1) is 0 Å². The van der Waals surface area contributed by atoms with Crippen LogP contribution in [-0.2, 0) is 6.54 Å². The van der Waals surface area contributed by atoms with Crippen molar-refractivity contribution in [2.75, 3.05) is 26.2 Å². The van der Waals surface area contributed by atoms with Gasteiger partial charge in [0, 0.05) is 30.3 Å². The average molecular weight is 302 g/mol. The van der Waals surface area contributed by atoms with E-state index in [-0.39, 0.29) is 5.78 Å². The number of fused-ring (bicyclic) bond motifs is 1. The first-order chi connectivity index (χ1) is 10.7. The highest BCUT2D eigenvalue weighted by Gasteiger charge is 2.32. The molecule has 4 nitrogen and oxygen atoms in total. The second-order valence-electron chi connectivity index (χ2n) is 6.44. The van der Waals surface area contributed by atoms with Crippen molar-refractivity contribution >= 4 is 5.78 Å². The van der Waals surface area contributed by atoms with Crippen LogP contribution in [-0.4, -0.2) is 43.0 Å². The van der Waals surface area contributed by atoms with E-state index in [0.717, 1.165) is 49.0 Å². The first kappa shape index (κ1) is 15.5. The molecule has 2 aliphatic heterocycles. The predicted octanol–water partition coefficient (Wildman–Crippen LogP) is 2.47. The van der Waals surface area contributed by atoms with Crippen molar-refractivity contribution < 1.29 is 9.53 Å². The van der Waals surface area contributed by atoms with Crippen LogP contribution in [0.15, 0.2) is 18.2 Å². The first-order valence-electron chi connectivity index (χ1n) is 8.39. The van der Waals surface area contributed by atoms with Crippen molar-refractivity contribution in [2.45, 2.75) is 39.3 Å². The Bertz CT molecular complexity index is 544. The number of carbonyl (C=O) groups excluding carboxylic acids is 1. The van der Waals surface area contributed by atoms with Gasteiger partial charge in [0.05, 0.1) is 6.61 Å². The van der Waals surface area contributed by atoms with Gasteiger partial charge in [-0.3, -0.25) is 9.69 Å². The van der Waals surface area contributed by atoms with Gasteiger partial charge in [0.15, 0.2) is 5.78 Å². The zero-order valence-electron chi connectivity index (χ0n) is 13.6. The van der Waals surface area contributed by atoms with Gasteiger partial charge >= 0.3 is 0 Å². The standard InChI is InChI=1S/C18H26N2O2/c1-3-22-18-5-4-14(13(2)21)10-16(18)12-20-9-7-17-15(11-20)6-8-19-17/h4-5,10,15,17,19H,3,6-9,11-12H2,1-2H3. The second-order valence-corrected chi connectivity index (χ2v) is 6.44. The molecule has 0 saturated carbocycles. The summed E-state index contributed by atoms with van der Waals surface area (Å²) >= 11 is 0. The van der Waals surface area contributed by atoms with E-state index in [1.54, 1.807) is 6.92 Å². The van der Waals surface area contributed by atoms with Crippen LogP contribution in [0.4, 0.5) is 0 Å². The van der Waals surface area contributed by atoms with Crippen LogP contribution in [0.5, 0.6) is 5.75 Å². The van der Waals surface area contributed by atoms with E-state index >= 15 is 0 Å². The van der Waals surface area contributed by atoms with Crippen molar-refractivity contribution in [3.05, 3.63) is 29.3 Å². The molecule has 1 N–H and O–H groups in total. The molecule has 2 unspecified atom stereocenters. The van der Waals surface area contributed by atoms with Gasteiger partial charge in [0.1, 0.15) is 5.75 Å². The molecule has 2 saturated heterocycles. The Balaban J connectivity index is 1.74. The SMILES string of the molecule is CCOc1ccc(C(C)=O)cc1CN1CCC2NCCC2C1. The van der Waals surface area contributed by atoms with Crippen LogP contribution in [0.2, 0.25) is 0 Å². The Hall–Kier alpha value is -1.39. The summed E-state index contributed by atoms with van der Waals surface area (Å²) in [5.74, 6) is 1.81. The van der Waals surface area contributed by atoms with Crippen molar-refractivity contribution in [1.82, 2.24) is 10.2 Å². The third-order valence-corrected chi connectivity index (χ3v) is 4.90. The molecule has 0 radical (unpaired) electrons. The van der Waals surface area contributed by atoms with Crippen molar-refractivity contribution in [2.24, 2.45) is 5.92 Å². The summed E-state index contributed by atoms with van der Waals surface area (Å²) in [6, 6.07) is 6.53. The lowest BCUT2D eigenvalue weighted by Gasteiger charge is -2.35. The number of likely N-dealkylation sites (tertiary alicyclic amines) is 1. The quantitative estimate of drug-likeness (QED) is 0.849.